The second-order valence-electron chi connectivity index (χ2n) is 11.2. The predicted octanol–water partition coefficient (Wildman–Crippen LogP) is 11.6. The molecule has 33 heavy (non-hydrogen) atoms. The molecule has 1 fully saturated rings. The maximum absolute atomic E-state index is 11.0. The summed E-state index contributed by atoms with van der Waals surface area (Å²) in [5.74, 6) is 2.24. The van der Waals surface area contributed by atoms with Gasteiger partial charge in [-0.2, -0.15) is 0 Å². The molecule has 0 bridgehead atoms. The zero-order valence-electron chi connectivity index (χ0n) is 23.1. The highest BCUT2D eigenvalue weighted by molar-refractivity contribution is 5.17. The van der Waals surface area contributed by atoms with Crippen molar-refractivity contribution in [2.24, 2.45) is 11.8 Å². The van der Waals surface area contributed by atoms with Crippen LogP contribution >= 0.6 is 0 Å². The molecule has 1 rings (SSSR count). The van der Waals surface area contributed by atoms with Crippen LogP contribution in [-0.2, 0) is 0 Å². The van der Waals surface area contributed by atoms with E-state index >= 15 is 0 Å². The quantitative estimate of drug-likeness (QED) is 0.0967. The van der Waals surface area contributed by atoms with Gasteiger partial charge in [0.05, 0.1) is 5.76 Å². The van der Waals surface area contributed by atoms with Crippen molar-refractivity contribution in [3.63, 3.8) is 0 Å². The van der Waals surface area contributed by atoms with Crippen molar-refractivity contribution in [3.05, 3.63) is 23.5 Å². The molecule has 2 atom stereocenters. The van der Waals surface area contributed by atoms with Crippen molar-refractivity contribution in [1.29, 1.82) is 0 Å². The summed E-state index contributed by atoms with van der Waals surface area (Å²) in [4.78, 5) is 0. The molecule has 0 aromatic carbocycles. The Labute approximate surface area is 208 Å². The van der Waals surface area contributed by atoms with Crippen molar-refractivity contribution >= 4 is 0 Å². The second kappa shape index (κ2) is 20.6. The van der Waals surface area contributed by atoms with Gasteiger partial charge in [0, 0.05) is 6.42 Å². The van der Waals surface area contributed by atoms with Crippen molar-refractivity contribution in [1.82, 2.24) is 0 Å². The molecule has 0 heterocycles. The zero-order valence-corrected chi connectivity index (χ0v) is 23.1. The molecule has 0 radical (unpaired) electrons. The molecule has 2 unspecified atom stereocenters. The zero-order chi connectivity index (χ0) is 24.2. The molecule has 1 aliphatic carbocycles. The number of aliphatic hydroxyl groups is 1. The first-order valence-electron chi connectivity index (χ1n) is 15.1. The molecule has 0 spiro atoms. The highest BCUT2D eigenvalue weighted by atomic mass is 16.3. The van der Waals surface area contributed by atoms with Gasteiger partial charge in [-0.15, -0.1) is 6.58 Å². The molecule has 1 nitrogen and oxygen atoms in total. The standard InChI is InChI=1S/C32H60O/c1-5-7-9-11-13-14-16-18-20-25-32(33)31-27-26-29(23-21-22-28(3)4)30(31)24-19-17-15-12-10-8-6-2/h29-30,33H,3,5-27H2,1-2,4H3. The lowest BCUT2D eigenvalue weighted by Gasteiger charge is -2.22. The van der Waals surface area contributed by atoms with Crippen molar-refractivity contribution in [2.45, 2.75) is 168 Å². The maximum atomic E-state index is 11.0. The Hall–Kier alpha value is -0.720. The van der Waals surface area contributed by atoms with Crippen LogP contribution in [-0.4, -0.2) is 5.11 Å². The molecule has 1 saturated carbocycles. The molecule has 0 amide bonds. The topological polar surface area (TPSA) is 20.2 Å². The molecule has 0 aliphatic heterocycles. The van der Waals surface area contributed by atoms with Crippen LogP contribution in [0.15, 0.2) is 23.5 Å². The van der Waals surface area contributed by atoms with Gasteiger partial charge in [0.2, 0.25) is 0 Å². The van der Waals surface area contributed by atoms with Crippen LogP contribution in [0.3, 0.4) is 0 Å². The van der Waals surface area contributed by atoms with Gasteiger partial charge in [-0.1, -0.05) is 116 Å². The Morgan fingerprint density at radius 2 is 1.21 bits per heavy atom. The monoisotopic (exact) mass is 460 g/mol. The average molecular weight is 461 g/mol. The molecule has 0 saturated heterocycles. The number of rotatable bonds is 22. The lowest BCUT2D eigenvalue weighted by Crippen LogP contribution is -2.11. The summed E-state index contributed by atoms with van der Waals surface area (Å²) in [5, 5.41) is 11.0. The summed E-state index contributed by atoms with van der Waals surface area (Å²) < 4.78 is 0. The summed E-state index contributed by atoms with van der Waals surface area (Å²) in [6.07, 6.45) is 30.3. The summed E-state index contributed by atoms with van der Waals surface area (Å²) in [6, 6.07) is 0. The highest BCUT2D eigenvalue weighted by Crippen LogP contribution is 2.44. The van der Waals surface area contributed by atoms with Gasteiger partial charge in [-0.3, -0.25) is 0 Å². The average Bonchev–Trinajstić information content (AvgIpc) is 3.19. The molecule has 1 aliphatic rings. The van der Waals surface area contributed by atoms with Gasteiger partial charge in [0.15, 0.2) is 0 Å². The Morgan fingerprint density at radius 3 is 1.76 bits per heavy atom. The lowest BCUT2D eigenvalue weighted by atomic mass is 9.84. The van der Waals surface area contributed by atoms with Crippen LogP contribution in [0.1, 0.15) is 168 Å². The van der Waals surface area contributed by atoms with Crippen LogP contribution in [0, 0.1) is 11.8 Å². The van der Waals surface area contributed by atoms with E-state index in [-0.39, 0.29) is 0 Å². The third kappa shape index (κ3) is 15.0. The van der Waals surface area contributed by atoms with Crippen molar-refractivity contribution < 1.29 is 5.11 Å². The molecular formula is C32H60O. The summed E-state index contributed by atoms with van der Waals surface area (Å²) in [5.41, 5.74) is 2.78. The fourth-order valence-electron chi connectivity index (χ4n) is 5.88. The van der Waals surface area contributed by atoms with Crippen LogP contribution in [0.5, 0.6) is 0 Å². The van der Waals surface area contributed by atoms with E-state index in [9.17, 15) is 5.11 Å². The van der Waals surface area contributed by atoms with Gasteiger partial charge in [0.1, 0.15) is 0 Å². The Bertz CT molecular complexity index is 503. The number of unbranched alkanes of at least 4 members (excludes halogenated alkanes) is 14. The van der Waals surface area contributed by atoms with Crippen molar-refractivity contribution in [3.8, 4) is 0 Å². The smallest absolute Gasteiger partial charge is 0.0917 e. The van der Waals surface area contributed by atoms with Crippen LogP contribution in [0.2, 0.25) is 0 Å². The first-order chi connectivity index (χ1) is 16.1. The minimum atomic E-state index is 0.657. The first kappa shape index (κ1) is 30.3. The van der Waals surface area contributed by atoms with E-state index in [0.29, 0.717) is 5.92 Å². The van der Waals surface area contributed by atoms with E-state index in [1.54, 1.807) is 0 Å². The lowest BCUT2D eigenvalue weighted by molar-refractivity contribution is 0.328. The van der Waals surface area contributed by atoms with Crippen LogP contribution in [0.25, 0.3) is 0 Å². The third-order valence-electron chi connectivity index (χ3n) is 7.99. The number of hydrogen-bond acceptors (Lipinski definition) is 1. The SMILES string of the molecule is C=C(C)CCCC1CCC(=C(O)CCCCCCCCCCC)C1CCCCCCCCC. The van der Waals surface area contributed by atoms with Crippen molar-refractivity contribution in [2.75, 3.05) is 0 Å². The summed E-state index contributed by atoms with van der Waals surface area (Å²) in [6.45, 7) is 10.8. The molecular weight excluding hydrogens is 400 g/mol. The predicted molar refractivity (Wildman–Crippen MR) is 149 cm³/mol. The Morgan fingerprint density at radius 1 is 0.697 bits per heavy atom. The van der Waals surface area contributed by atoms with Gasteiger partial charge in [-0.05, 0) is 69.3 Å². The van der Waals surface area contributed by atoms with Gasteiger partial charge in [0.25, 0.3) is 0 Å². The van der Waals surface area contributed by atoms with E-state index in [1.807, 2.05) is 0 Å². The molecule has 194 valence electrons. The normalized spacial score (nSPS) is 19.8. The van der Waals surface area contributed by atoms with Crippen LogP contribution in [0.4, 0.5) is 0 Å². The largest absolute Gasteiger partial charge is 0.512 e. The van der Waals surface area contributed by atoms with E-state index in [4.69, 9.17) is 0 Å². The summed E-state index contributed by atoms with van der Waals surface area (Å²) >= 11 is 0. The van der Waals surface area contributed by atoms with E-state index < -0.39 is 0 Å². The fourth-order valence-corrected chi connectivity index (χ4v) is 5.88. The number of hydrogen-bond donors (Lipinski definition) is 1. The fraction of sp³-hybridized carbons (Fsp3) is 0.875. The molecule has 1 N–H and O–H groups in total. The minimum absolute atomic E-state index is 0.657. The van der Waals surface area contributed by atoms with E-state index in [2.05, 4.69) is 27.4 Å². The van der Waals surface area contributed by atoms with E-state index in [1.165, 1.54) is 146 Å². The van der Waals surface area contributed by atoms with Crippen LogP contribution < -0.4 is 0 Å². The summed E-state index contributed by atoms with van der Waals surface area (Å²) in [7, 11) is 0. The molecule has 0 aromatic rings. The Balaban J connectivity index is 2.42. The maximum Gasteiger partial charge on any atom is 0.0917 e. The highest BCUT2D eigenvalue weighted by Gasteiger charge is 2.32. The number of allylic oxidation sites excluding steroid dienone is 3. The Kier molecular flexibility index (Phi) is 19.0. The second-order valence-corrected chi connectivity index (χ2v) is 11.2. The van der Waals surface area contributed by atoms with Gasteiger partial charge < -0.3 is 5.11 Å². The van der Waals surface area contributed by atoms with E-state index in [0.717, 1.165) is 24.5 Å². The minimum Gasteiger partial charge on any atom is -0.512 e. The van der Waals surface area contributed by atoms with Gasteiger partial charge >= 0.3 is 0 Å². The molecule has 1 heteroatoms. The first-order valence-corrected chi connectivity index (χ1v) is 15.1. The molecule has 0 aromatic heterocycles. The third-order valence-corrected chi connectivity index (χ3v) is 7.99. The number of aliphatic hydroxyl groups excluding tert-OH is 1. The van der Waals surface area contributed by atoms with Gasteiger partial charge in [-0.25, -0.2) is 0 Å².